The van der Waals surface area contributed by atoms with Crippen LogP contribution in [0, 0.1) is 11.8 Å². The molecule has 0 aromatic carbocycles. The van der Waals surface area contributed by atoms with Gasteiger partial charge in [0.1, 0.15) is 9.84 Å². The fourth-order valence-corrected chi connectivity index (χ4v) is 3.49. The molecule has 0 bridgehead atoms. The van der Waals surface area contributed by atoms with Crippen molar-refractivity contribution in [1.82, 2.24) is 5.32 Å². The Morgan fingerprint density at radius 3 is 2.31 bits per heavy atom. The molecule has 1 unspecified atom stereocenters. The number of hydrogen-bond donors (Lipinski definition) is 2. The van der Waals surface area contributed by atoms with E-state index in [-0.39, 0.29) is 0 Å². The third-order valence-electron chi connectivity index (χ3n) is 3.47. The van der Waals surface area contributed by atoms with Gasteiger partial charge in [0.25, 0.3) is 0 Å². The molecule has 0 amide bonds. The monoisotopic (exact) mass is 248 g/mol. The number of hydrogen-bond acceptors (Lipinski definition) is 4. The quantitative estimate of drug-likeness (QED) is 0.738. The minimum Gasteiger partial charge on any atom is -0.330 e. The van der Waals surface area contributed by atoms with E-state index in [1.807, 2.05) is 0 Å². The Kier molecular flexibility index (Phi) is 5.21. The smallest absolute Gasteiger partial charge is 0.150 e. The highest BCUT2D eigenvalue weighted by Crippen LogP contribution is 2.14. The largest absolute Gasteiger partial charge is 0.330 e. The molecule has 16 heavy (non-hydrogen) atoms. The highest BCUT2D eigenvalue weighted by atomic mass is 32.2. The van der Waals surface area contributed by atoms with Gasteiger partial charge in [0.15, 0.2) is 0 Å². The molecule has 1 aliphatic heterocycles. The highest BCUT2D eigenvalue weighted by molar-refractivity contribution is 7.91. The molecule has 96 valence electrons. The van der Waals surface area contributed by atoms with Crippen LogP contribution in [0.3, 0.4) is 0 Å². The van der Waals surface area contributed by atoms with E-state index in [1.165, 1.54) is 0 Å². The summed E-state index contributed by atoms with van der Waals surface area (Å²) >= 11 is 0. The molecule has 4 nitrogen and oxygen atoms in total. The summed E-state index contributed by atoms with van der Waals surface area (Å²) in [7, 11) is -2.74. The average Bonchev–Trinajstić information content (AvgIpc) is 2.20. The highest BCUT2D eigenvalue weighted by Gasteiger charge is 2.23. The van der Waals surface area contributed by atoms with Crippen LogP contribution >= 0.6 is 0 Å². The number of rotatable bonds is 5. The van der Waals surface area contributed by atoms with Crippen LogP contribution in [0.15, 0.2) is 0 Å². The van der Waals surface area contributed by atoms with Gasteiger partial charge in [-0.2, -0.15) is 0 Å². The van der Waals surface area contributed by atoms with Crippen LogP contribution < -0.4 is 11.1 Å². The maximum atomic E-state index is 11.3. The van der Waals surface area contributed by atoms with Crippen molar-refractivity contribution in [2.45, 2.75) is 32.7 Å². The number of nitrogens with one attached hydrogen (secondary N) is 1. The van der Waals surface area contributed by atoms with Crippen molar-refractivity contribution < 1.29 is 8.42 Å². The first-order valence-corrected chi connectivity index (χ1v) is 7.90. The lowest BCUT2D eigenvalue weighted by molar-refractivity contribution is 0.340. The minimum atomic E-state index is -2.74. The summed E-state index contributed by atoms with van der Waals surface area (Å²) in [6, 6.07) is 0.358. The molecule has 3 N–H and O–H groups in total. The minimum absolute atomic E-state index is 0.333. The second kappa shape index (κ2) is 5.98. The van der Waals surface area contributed by atoms with Gasteiger partial charge in [0.2, 0.25) is 0 Å². The Morgan fingerprint density at radius 2 is 1.88 bits per heavy atom. The first-order valence-electron chi connectivity index (χ1n) is 6.08. The van der Waals surface area contributed by atoms with Gasteiger partial charge < -0.3 is 11.1 Å². The van der Waals surface area contributed by atoms with Crippen molar-refractivity contribution in [3.05, 3.63) is 0 Å². The van der Waals surface area contributed by atoms with E-state index >= 15 is 0 Å². The molecular weight excluding hydrogens is 224 g/mol. The second-order valence-corrected chi connectivity index (χ2v) is 7.38. The molecule has 5 heteroatoms. The van der Waals surface area contributed by atoms with Crippen LogP contribution in [0.4, 0.5) is 0 Å². The van der Waals surface area contributed by atoms with Gasteiger partial charge in [-0.3, -0.25) is 0 Å². The third kappa shape index (κ3) is 4.39. The van der Waals surface area contributed by atoms with Crippen molar-refractivity contribution in [3.63, 3.8) is 0 Å². The van der Waals surface area contributed by atoms with Crippen LogP contribution in [0.5, 0.6) is 0 Å². The Balaban J connectivity index is 2.29. The van der Waals surface area contributed by atoms with Crippen LogP contribution in [-0.4, -0.2) is 39.1 Å². The topological polar surface area (TPSA) is 72.2 Å². The number of sulfone groups is 1. The molecule has 0 spiro atoms. The zero-order chi connectivity index (χ0) is 12.2. The van der Waals surface area contributed by atoms with Gasteiger partial charge in [0.05, 0.1) is 11.5 Å². The van der Waals surface area contributed by atoms with Gasteiger partial charge in [-0.25, -0.2) is 8.42 Å². The predicted molar refractivity (Wildman–Crippen MR) is 67.1 cm³/mol. The van der Waals surface area contributed by atoms with Crippen molar-refractivity contribution in [2.75, 3.05) is 24.6 Å². The first kappa shape index (κ1) is 13.9. The SMILES string of the molecule is CC(C)C(CN)CNC1CCS(=O)(=O)CC1. The van der Waals surface area contributed by atoms with E-state index in [0.29, 0.717) is 35.9 Å². The molecule has 1 atom stereocenters. The Morgan fingerprint density at radius 1 is 1.31 bits per heavy atom. The molecule has 1 rings (SSSR count). The van der Waals surface area contributed by atoms with Gasteiger partial charge in [-0.05, 0) is 37.8 Å². The molecule has 0 aromatic heterocycles. The summed E-state index contributed by atoms with van der Waals surface area (Å²) in [6.07, 6.45) is 1.50. The molecule has 1 heterocycles. The lowest BCUT2D eigenvalue weighted by Crippen LogP contribution is -2.42. The summed E-state index contributed by atoms with van der Waals surface area (Å²) in [6.45, 7) is 5.93. The summed E-state index contributed by atoms with van der Waals surface area (Å²) in [5, 5.41) is 3.45. The molecule has 1 saturated heterocycles. The summed E-state index contributed by atoms with van der Waals surface area (Å²) in [5.41, 5.74) is 5.70. The van der Waals surface area contributed by atoms with Gasteiger partial charge in [-0.15, -0.1) is 0 Å². The first-order chi connectivity index (χ1) is 7.44. The predicted octanol–water partition coefficient (Wildman–Crippen LogP) is 0.384. The number of nitrogens with two attached hydrogens (primary N) is 1. The van der Waals surface area contributed by atoms with E-state index in [1.54, 1.807) is 0 Å². The lowest BCUT2D eigenvalue weighted by atomic mass is 9.95. The Labute approximate surface area is 98.9 Å². The molecule has 0 radical (unpaired) electrons. The van der Waals surface area contributed by atoms with E-state index in [4.69, 9.17) is 5.73 Å². The maximum absolute atomic E-state index is 11.3. The summed E-state index contributed by atoms with van der Waals surface area (Å²) < 4.78 is 22.5. The van der Waals surface area contributed by atoms with Crippen molar-refractivity contribution in [1.29, 1.82) is 0 Å². The molecule has 1 fully saturated rings. The fourth-order valence-electron chi connectivity index (χ4n) is 2.00. The van der Waals surface area contributed by atoms with E-state index < -0.39 is 9.84 Å². The molecular formula is C11H24N2O2S. The van der Waals surface area contributed by atoms with E-state index in [2.05, 4.69) is 19.2 Å². The molecule has 0 saturated carbocycles. The van der Waals surface area contributed by atoms with Crippen LogP contribution in [0.1, 0.15) is 26.7 Å². The van der Waals surface area contributed by atoms with Gasteiger partial charge in [-0.1, -0.05) is 13.8 Å². The normalized spacial score (nSPS) is 23.5. The Bertz CT molecular complexity index is 287. The van der Waals surface area contributed by atoms with Crippen LogP contribution in [-0.2, 0) is 9.84 Å². The summed E-state index contributed by atoms with van der Waals surface area (Å²) in [4.78, 5) is 0. The molecule has 0 aromatic rings. The van der Waals surface area contributed by atoms with Crippen LogP contribution in [0.25, 0.3) is 0 Å². The van der Waals surface area contributed by atoms with Crippen LogP contribution in [0.2, 0.25) is 0 Å². The van der Waals surface area contributed by atoms with Crippen molar-refractivity contribution in [2.24, 2.45) is 17.6 Å². The standard InChI is InChI=1S/C11H24N2O2S/c1-9(2)10(7-12)8-13-11-3-5-16(14,15)6-4-11/h9-11,13H,3-8,12H2,1-2H3. The summed E-state index contributed by atoms with van der Waals surface area (Å²) in [5.74, 6) is 1.72. The van der Waals surface area contributed by atoms with Gasteiger partial charge in [0, 0.05) is 6.04 Å². The second-order valence-electron chi connectivity index (χ2n) is 5.07. The zero-order valence-corrected chi connectivity index (χ0v) is 11.1. The van der Waals surface area contributed by atoms with E-state index in [9.17, 15) is 8.42 Å². The van der Waals surface area contributed by atoms with Crippen molar-refractivity contribution in [3.8, 4) is 0 Å². The molecule has 0 aliphatic carbocycles. The molecule has 1 aliphatic rings. The third-order valence-corrected chi connectivity index (χ3v) is 5.18. The van der Waals surface area contributed by atoms with Gasteiger partial charge >= 0.3 is 0 Å². The lowest BCUT2D eigenvalue weighted by Gasteiger charge is -2.26. The van der Waals surface area contributed by atoms with Crippen molar-refractivity contribution >= 4 is 9.84 Å². The zero-order valence-electron chi connectivity index (χ0n) is 10.3. The fraction of sp³-hybridized carbons (Fsp3) is 1.00. The maximum Gasteiger partial charge on any atom is 0.150 e. The average molecular weight is 248 g/mol. The van der Waals surface area contributed by atoms with E-state index in [0.717, 1.165) is 19.4 Å². The Hall–Kier alpha value is -0.130.